The van der Waals surface area contributed by atoms with E-state index in [0.29, 0.717) is 29.4 Å². The third kappa shape index (κ3) is 7.32. The first-order chi connectivity index (χ1) is 25.8. The third-order valence-electron chi connectivity index (χ3n) is 11.9. The molecule has 4 aromatic rings. The van der Waals surface area contributed by atoms with E-state index < -0.39 is 11.9 Å². The number of aryl methyl sites for hydroxylation is 1. The molecule has 0 spiro atoms. The van der Waals surface area contributed by atoms with Crippen LogP contribution in [0.2, 0.25) is 0 Å². The van der Waals surface area contributed by atoms with Crippen molar-refractivity contribution >= 4 is 17.7 Å². The molecule has 0 bridgehead atoms. The fourth-order valence-electron chi connectivity index (χ4n) is 9.07. The van der Waals surface area contributed by atoms with Gasteiger partial charge in [-0.3, -0.25) is 19.7 Å². The fraction of sp³-hybridized carbons (Fsp3) is 0.386. The first-order valence-corrected chi connectivity index (χ1v) is 19.1. The highest BCUT2D eigenvalue weighted by atomic mass is 19.1. The molecule has 8 nitrogen and oxygen atoms in total. The van der Waals surface area contributed by atoms with Gasteiger partial charge in [-0.15, -0.1) is 0 Å². The molecule has 9 heteroatoms. The smallest absolute Gasteiger partial charge is 0.255 e. The Balaban J connectivity index is 0.808. The zero-order valence-corrected chi connectivity index (χ0v) is 29.9. The molecule has 4 aliphatic rings. The Hall–Kier alpha value is -5.02. The Morgan fingerprint density at radius 1 is 0.792 bits per heavy atom. The molecule has 53 heavy (non-hydrogen) atoms. The van der Waals surface area contributed by atoms with Gasteiger partial charge in [0.05, 0.1) is 6.61 Å². The number of fused-ring (bicyclic) bond motifs is 2. The van der Waals surface area contributed by atoms with Gasteiger partial charge in [-0.1, -0.05) is 54.6 Å². The lowest BCUT2D eigenvalue weighted by Gasteiger charge is -2.35. The number of amides is 3. The number of carbonyl (C=O) groups is 3. The van der Waals surface area contributed by atoms with Crippen LogP contribution < -0.4 is 10.1 Å². The van der Waals surface area contributed by atoms with Crippen molar-refractivity contribution in [3.63, 3.8) is 0 Å². The summed E-state index contributed by atoms with van der Waals surface area (Å²) < 4.78 is 21.5. The number of rotatable bonds is 10. The molecule has 3 atom stereocenters. The van der Waals surface area contributed by atoms with E-state index in [1.807, 2.05) is 12.1 Å². The van der Waals surface area contributed by atoms with Crippen molar-refractivity contribution in [3.05, 3.63) is 130 Å². The van der Waals surface area contributed by atoms with Gasteiger partial charge in [-0.2, -0.15) is 0 Å². The second kappa shape index (κ2) is 15.1. The lowest BCUT2D eigenvalue weighted by atomic mass is 9.69. The van der Waals surface area contributed by atoms with Crippen molar-refractivity contribution in [2.75, 3.05) is 26.2 Å². The molecule has 2 N–H and O–H groups in total. The largest absolute Gasteiger partial charge is 0.508 e. The van der Waals surface area contributed by atoms with Crippen LogP contribution in [0.1, 0.15) is 106 Å². The molecule has 4 aromatic carbocycles. The van der Waals surface area contributed by atoms with Gasteiger partial charge in [0.25, 0.3) is 5.91 Å². The van der Waals surface area contributed by atoms with Crippen LogP contribution in [0.5, 0.6) is 11.5 Å². The van der Waals surface area contributed by atoms with Crippen molar-refractivity contribution in [3.8, 4) is 11.5 Å². The number of nitrogens with zero attached hydrogens (tertiary/aromatic N) is 2. The number of nitrogens with one attached hydrogen (secondary N) is 1. The number of imide groups is 1. The number of hydrogen-bond donors (Lipinski definition) is 2. The van der Waals surface area contributed by atoms with Crippen LogP contribution >= 0.6 is 0 Å². The molecule has 1 aliphatic carbocycles. The number of carbonyl (C=O) groups excluding carboxylic acids is 3. The van der Waals surface area contributed by atoms with Gasteiger partial charge in [0.1, 0.15) is 23.4 Å². The number of phenols is 1. The Bertz CT molecular complexity index is 1990. The molecule has 0 saturated carbocycles. The van der Waals surface area contributed by atoms with Crippen LogP contribution in [-0.4, -0.2) is 64.9 Å². The van der Waals surface area contributed by atoms with Gasteiger partial charge < -0.3 is 19.6 Å². The summed E-state index contributed by atoms with van der Waals surface area (Å²) in [4.78, 5) is 41.0. The minimum atomic E-state index is -0.704. The summed E-state index contributed by atoms with van der Waals surface area (Å²) >= 11 is 0. The van der Waals surface area contributed by atoms with Crippen LogP contribution in [0.4, 0.5) is 4.39 Å². The maximum atomic E-state index is 15.4. The quantitative estimate of drug-likeness (QED) is 0.133. The molecule has 2 fully saturated rings. The van der Waals surface area contributed by atoms with Crippen LogP contribution in [0.3, 0.4) is 0 Å². The van der Waals surface area contributed by atoms with Crippen molar-refractivity contribution < 1.29 is 28.6 Å². The Labute approximate surface area is 310 Å². The molecule has 274 valence electrons. The predicted molar refractivity (Wildman–Crippen MR) is 199 cm³/mol. The van der Waals surface area contributed by atoms with Gasteiger partial charge in [-0.05, 0) is 140 Å². The molecule has 8 rings (SSSR count). The summed E-state index contributed by atoms with van der Waals surface area (Å²) in [5, 5.41) is 12.5. The zero-order valence-electron chi connectivity index (χ0n) is 29.9. The number of unbranched alkanes of at least 4 members (excludes halogenated alkanes) is 1. The van der Waals surface area contributed by atoms with Crippen molar-refractivity contribution in [1.82, 2.24) is 15.1 Å². The highest BCUT2D eigenvalue weighted by Gasteiger charge is 2.40. The maximum absolute atomic E-state index is 15.4. The van der Waals surface area contributed by atoms with E-state index in [1.165, 1.54) is 33.2 Å². The minimum Gasteiger partial charge on any atom is -0.508 e. The molecular formula is C44H46FN3O5. The molecule has 0 radical (unpaired) electrons. The average Bonchev–Trinajstić information content (AvgIpc) is 3.48. The second-order valence-electron chi connectivity index (χ2n) is 15.1. The van der Waals surface area contributed by atoms with Crippen molar-refractivity contribution in [1.29, 1.82) is 0 Å². The lowest BCUT2D eigenvalue weighted by molar-refractivity contribution is -0.136. The summed E-state index contributed by atoms with van der Waals surface area (Å²) in [7, 11) is 0. The molecule has 2 saturated heterocycles. The van der Waals surface area contributed by atoms with E-state index in [4.69, 9.17) is 4.74 Å². The normalized spacial score (nSPS) is 22.0. The number of hydrogen-bond acceptors (Lipinski definition) is 6. The number of benzene rings is 4. The highest BCUT2D eigenvalue weighted by Crippen LogP contribution is 2.47. The van der Waals surface area contributed by atoms with E-state index in [2.05, 4.69) is 70.9 Å². The summed E-state index contributed by atoms with van der Waals surface area (Å²) in [5.41, 5.74) is 6.83. The molecule has 1 unspecified atom stereocenters. The van der Waals surface area contributed by atoms with Crippen molar-refractivity contribution in [2.24, 2.45) is 0 Å². The predicted octanol–water partition coefficient (Wildman–Crippen LogP) is 7.19. The fourth-order valence-corrected chi connectivity index (χ4v) is 9.07. The van der Waals surface area contributed by atoms with Gasteiger partial charge in [-0.25, -0.2) is 4.39 Å². The van der Waals surface area contributed by atoms with Crippen LogP contribution in [0.15, 0.2) is 84.9 Å². The number of phenolic OH excluding ortho intramolecular Hbond substituents is 1. The van der Waals surface area contributed by atoms with Crippen LogP contribution in [-0.2, 0) is 22.6 Å². The topological polar surface area (TPSA) is 99.2 Å². The molecular weight excluding hydrogens is 669 g/mol. The number of aromatic hydroxyl groups is 1. The van der Waals surface area contributed by atoms with E-state index >= 15 is 4.39 Å². The van der Waals surface area contributed by atoms with E-state index in [1.54, 1.807) is 6.07 Å². The first kappa shape index (κ1) is 35.0. The Morgan fingerprint density at radius 2 is 1.58 bits per heavy atom. The molecule has 3 amide bonds. The molecule has 0 aromatic heterocycles. The number of halogens is 1. The standard InChI is InChI=1S/C44H46FN3O5/c45-39-26-38-32(27-48(44(38)52)40-16-17-41(50)46-43(40)51)25-37(39)29-18-21-47(22-19-29)20-4-5-23-53-34-12-8-30(9-13-34)42-35(28-6-2-1-3-7-28)14-10-31-24-33(49)11-15-36(31)42/h1-3,6-9,11-13,15,24-26,29,35,40,42,49H,4-5,10,14,16-23,27H2,(H,46,50,51)/t35-,40?,42+/m1/s1. The SMILES string of the molecule is O=C1CCC(N2Cc3cc(C4CCN(CCCCOc5ccc([C@@H]6c7ccc(O)cc7CC[C@@H]6c6ccccc6)cc5)CC4)c(F)cc3C2=O)C(=O)N1. The summed E-state index contributed by atoms with van der Waals surface area (Å²) in [5.74, 6) is 0.352. The monoisotopic (exact) mass is 715 g/mol. The number of piperidine rings is 2. The van der Waals surface area contributed by atoms with E-state index in [0.717, 1.165) is 69.5 Å². The van der Waals surface area contributed by atoms with Crippen LogP contribution in [0, 0.1) is 5.82 Å². The Kier molecular flexibility index (Phi) is 10.0. The van der Waals surface area contributed by atoms with Crippen molar-refractivity contribution in [2.45, 2.75) is 81.7 Å². The van der Waals surface area contributed by atoms with Gasteiger partial charge >= 0.3 is 0 Å². The number of ether oxygens (including phenoxy) is 1. The highest BCUT2D eigenvalue weighted by molar-refractivity contribution is 6.05. The summed E-state index contributed by atoms with van der Waals surface area (Å²) in [6.07, 6.45) is 6.11. The number of likely N-dealkylation sites (tertiary alicyclic amines) is 1. The molecule has 3 aliphatic heterocycles. The Morgan fingerprint density at radius 3 is 2.36 bits per heavy atom. The summed E-state index contributed by atoms with van der Waals surface area (Å²) in [6.45, 7) is 3.64. The second-order valence-corrected chi connectivity index (χ2v) is 15.1. The minimum absolute atomic E-state index is 0.0832. The first-order valence-electron chi connectivity index (χ1n) is 19.1. The lowest BCUT2D eigenvalue weighted by Crippen LogP contribution is -2.52. The van der Waals surface area contributed by atoms with E-state index in [9.17, 15) is 19.5 Å². The van der Waals surface area contributed by atoms with Gasteiger partial charge in [0.2, 0.25) is 11.8 Å². The summed E-state index contributed by atoms with van der Waals surface area (Å²) in [6, 6.07) is 27.6. The average molecular weight is 716 g/mol. The maximum Gasteiger partial charge on any atom is 0.255 e. The van der Waals surface area contributed by atoms with E-state index in [-0.39, 0.29) is 48.9 Å². The van der Waals surface area contributed by atoms with Crippen LogP contribution in [0.25, 0.3) is 0 Å². The third-order valence-corrected chi connectivity index (χ3v) is 11.9. The van der Waals surface area contributed by atoms with Gasteiger partial charge in [0, 0.05) is 24.4 Å². The molecule has 3 heterocycles. The zero-order chi connectivity index (χ0) is 36.5. The van der Waals surface area contributed by atoms with Gasteiger partial charge in [0.15, 0.2) is 0 Å².